The van der Waals surface area contributed by atoms with E-state index in [2.05, 4.69) is 58.3 Å². The Hall–Kier alpha value is -3.78. The van der Waals surface area contributed by atoms with Gasteiger partial charge in [0.05, 0.1) is 5.69 Å². The summed E-state index contributed by atoms with van der Waals surface area (Å²) < 4.78 is 1.92. The number of hydrogen-bond acceptors (Lipinski definition) is 7. The Balaban J connectivity index is 1.35. The molecule has 1 saturated heterocycles. The molecule has 174 valence electrons. The van der Waals surface area contributed by atoms with E-state index in [0.29, 0.717) is 5.95 Å². The minimum absolute atomic E-state index is 0.0507. The van der Waals surface area contributed by atoms with Crippen molar-refractivity contribution in [2.45, 2.75) is 38.8 Å². The monoisotopic (exact) mass is 454 g/mol. The van der Waals surface area contributed by atoms with Crippen molar-refractivity contribution in [2.75, 3.05) is 23.3 Å². The number of anilines is 3. The Labute approximate surface area is 199 Å². The fourth-order valence-corrected chi connectivity index (χ4v) is 4.22. The summed E-state index contributed by atoms with van der Waals surface area (Å²) in [6.45, 7) is 6.94. The quantitative estimate of drug-likeness (QED) is 0.443. The van der Waals surface area contributed by atoms with Gasteiger partial charge in [0.2, 0.25) is 5.95 Å². The Bertz CT molecular complexity index is 1240. The first-order chi connectivity index (χ1) is 16.5. The standard InChI is InChI=1S/C26H30N8/c1-3-34-18-22(24(32-34)19-5-4-13-28-17-19)23-10-14-29-25(31-23)30-20-6-8-21(9-7-20)33-15-11-26(2,27)12-16-33/h4-10,13-14,17-18H,3,11-12,15-16,27H2,1-2H3,(H,29,30,31). The number of rotatable bonds is 6. The van der Waals surface area contributed by atoms with Crippen molar-refractivity contribution in [2.24, 2.45) is 5.73 Å². The van der Waals surface area contributed by atoms with Crippen LogP contribution in [0.4, 0.5) is 17.3 Å². The highest BCUT2D eigenvalue weighted by Gasteiger charge is 2.25. The van der Waals surface area contributed by atoms with Crippen LogP contribution in [0.1, 0.15) is 26.7 Å². The van der Waals surface area contributed by atoms with Gasteiger partial charge in [-0.05, 0) is 69.2 Å². The lowest BCUT2D eigenvalue weighted by molar-refractivity contribution is 0.364. The van der Waals surface area contributed by atoms with Crippen molar-refractivity contribution >= 4 is 17.3 Å². The highest BCUT2D eigenvalue weighted by Crippen LogP contribution is 2.30. The van der Waals surface area contributed by atoms with E-state index in [1.54, 1.807) is 12.4 Å². The molecule has 3 aromatic heterocycles. The second kappa shape index (κ2) is 9.23. The van der Waals surface area contributed by atoms with E-state index >= 15 is 0 Å². The van der Waals surface area contributed by atoms with Crippen LogP contribution in [0.15, 0.2) is 67.3 Å². The van der Waals surface area contributed by atoms with E-state index in [-0.39, 0.29) is 5.54 Å². The molecule has 4 heterocycles. The maximum Gasteiger partial charge on any atom is 0.227 e. The van der Waals surface area contributed by atoms with E-state index in [9.17, 15) is 0 Å². The summed E-state index contributed by atoms with van der Waals surface area (Å²) in [5, 5.41) is 8.07. The van der Waals surface area contributed by atoms with Gasteiger partial charge in [-0.3, -0.25) is 9.67 Å². The van der Waals surface area contributed by atoms with Gasteiger partial charge < -0.3 is 16.0 Å². The molecule has 0 atom stereocenters. The maximum atomic E-state index is 6.28. The Kier molecular flexibility index (Phi) is 5.98. The molecule has 1 fully saturated rings. The third kappa shape index (κ3) is 4.77. The first-order valence-electron chi connectivity index (χ1n) is 11.7. The van der Waals surface area contributed by atoms with Crippen molar-refractivity contribution in [3.63, 3.8) is 0 Å². The number of nitrogens with two attached hydrogens (primary N) is 1. The van der Waals surface area contributed by atoms with Gasteiger partial charge in [0, 0.05) is 72.5 Å². The highest BCUT2D eigenvalue weighted by atomic mass is 15.3. The van der Waals surface area contributed by atoms with Gasteiger partial charge in [-0.15, -0.1) is 0 Å². The van der Waals surface area contributed by atoms with Crippen LogP contribution in [-0.2, 0) is 6.54 Å². The lowest BCUT2D eigenvalue weighted by atomic mass is 9.91. The average molecular weight is 455 g/mol. The fourth-order valence-electron chi connectivity index (χ4n) is 4.22. The van der Waals surface area contributed by atoms with Crippen molar-refractivity contribution in [1.82, 2.24) is 24.7 Å². The predicted molar refractivity (Wildman–Crippen MR) is 136 cm³/mol. The van der Waals surface area contributed by atoms with Crippen LogP contribution in [0.3, 0.4) is 0 Å². The summed E-state index contributed by atoms with van der Waals surface area (Å²) in [6.07, 6.45) is 9.39. The summed E-state index contributed by atoms with van der Waals surface area (Å²) in [6, 6.07) is 14.2. The molecule has 0 saturated carbocycles. The minimum atomic E-state index is -0.0507. The zero-order valence-electron chi connectivity index (χ0n) is 19.6. The van der Waals surface area contributed by atoms with Crippen LogP contribution < -0.4 is 16.0 Å². The number of benzene rings is 1. The molecule has 1 aliphatic heterocycles. The molecule has 4 aromatic rings. The molecular formula is C26H30N8. The van der Waals surface area contributed by atoms with Gasteiger partial charge in [-0.2, -0.15) is 5.10 Å². The van der Waals surface area contributed by atoms with Crippen LogP contribution in [0.2, 0.25) is 0 Å². The van der Waals surface area contributed by atoms with Crippen molar-refractivity contribution in [1.29, 1.82) is 0 Å². The van der Waals surface area contributed by atoms with Gasteiger partial charge in [-0.1, -0.05) is 0 Å². The normalized spacial score (nSPS) is 15.3. The molecule has 8 nitrogen and oxygen atoms in total. The number of pyridine rings is 1. The van der Waals surface area contributed by atoms with Crippen molar-refractivity contribution < 1.29 is 0 Å². The molecule has 5 rings (SSSR count). The van der Waals surface area contributed by atoms with Gasteiger partial charge in [0.25, 0.3) is 0 Å². The largest absolute Gasteiger partial charge is 0.371 e. The molecule has 0 aliphatic carbocycles. The summed E-state index contributed by atoms with van der Waals surface area (Å²) in [7, 11) is 0. The second-order valence-electron chi connectivity index (χ2n) is 9.07. The van der Waals surface area contributed by atoms with E-state index in [0.717, 1.165) is 60.7 Å². The molecule has 1 aliphatic rings. The first kappa shape index (κ1) is 22.0. The number of nitrogens with zero attached hydrogens (tertiary/aromatic N) is 6. The van der Waals surface area contributed by atoms with E-state index in [1.807, 2.05) is 35.3 Å². The molecule has 3 N–H and O–H groups in total. The fraction of sp³-hybridized carbons (Fsp3) is 0.308. The molecular weight excluding hydrogens is 424 g/mol. The first-order valence-corrected chi connectivity index (χ1v) is 11.7. The molecule has 8 heteroatoms. The lowest BCUT2D eigenvalue weighted by Crippen LogP contribution is -2.48. The Morgan fingerprint density at radius 3 is 2.56 bits per heavy atom. The van der Waals surface area contributed by atoms with Crippen LogP contribution in [0, 0.1) is 0 Å². The van der Waals surface area contributed by atoms with Crippen molar-refractivity contribution in [3.05, 3.63) is 67.3 Å². The van der Waals surface area contributed by atoms with Crippen LogP contribution in [0.25, 0.3) is 22.5 Å². The summed E-state index contributed by atoms with van der Waals surface area (Å²) in [4.78, 5) is 15.8. The number of piperidine rings is 1. The number of hydrogen-bond donors (Lipinski definition) is 2. The molecule has 0 spiro atoms. The predicted octanol–water partition coefficient (Wildman–Crippen LogP) is 4.48. The average Bonchev–Trinajstić information content (AvgIpc) is 3.30. The van der Waals surface area contributed by atoms with Crippen LogP contribution in [0.5, 0.6) is 0 Å². The molecule has 0 amide bonds. The number of aryl methyl sites for hydroxylation is 1. The van der Waals surface area contributed by atoms with Crippen LogP contribution in [-0.4, -0.2) is 43.4 Å². The maximum absolute atomic E-state index is 6.28. The zero-order valence-corrected chi connectivity index (χ0v) is 19.6. The zero-order chi connectivity index (χ0) is 23.5. The van der Waals surface area contributed by atoms with Gasteiger partial charge in [0.15, 0.2) is 0 Å². The van der Waals surface area contributed by atoms with Crippen molar-refractivity contribution in [3.8, 4) is 22.5 Å². The summed E-state index contributed by atoms with van der Waals surface area (Å²) in [5.41, 5.74) is 12.0. The molecule has 0 radical (unpaired) electrons. The molecule has 1 aromatic carbocycles. The smallest absolute Gasteiger partial charge is 0.227 e. The molecule has 0 unspecified atom stereocenters. The second-order valence-corrected chi connectivity index (χ2v) is 9.07. The third-order valence-electron chi connectivity index (χ3n) is 6.35. The van der Waals surface area contributed by atoms with E-state index in [1.165, 1.54) is 5.69 Å². The van der Waals surface area contributed by atoms with Gasteiger partial charge >= 0.3 is 0 Å². The van der Waals surface area contributed by atoms with Crippen LogP contribution >= 0.6 is 0 Å². The lowest BCUT2D eigenvalue weighted by Gasteiger charge is -2.38. The number of aromatic nitrogens is 5. The molecule has 0 bridgehead atoms. The number of nitrogens with one attached hydrogen (secondary N) is 1. The summed E-state index contributed by atoms with van der Waals surface area (Å²) in [5.74, 6) is 0.545. The van der Waals surface area contributed by atoms with E-state index in [4.69, 9.17) is 15.8 Å². The molecule has 34 heavy (non-hydrogen) atoms. The topological polar surface area (TPSA) is 97.8 Å². The van der Waals surface area contributed by atoms with Gasteiger partial charge in [0.1, 0.15) is 5.69 Å². The third-order valence-corrected chi connectivity index (χ3v) is 6.35. The highest BCUT2D eigenvalue weighted by molar-refractivity contribution is 5.78. The SMILES string of the molecule is CCn1cc(-c2ccnc(Nc3ccc(N4CCC(C)(N)CC4)cc3)n2)c(-c2cccnc2)n1. The van der Waals surface area contributed by atoms with Gasteiger partial charge in [-0.25, -0.2) is 9.97 Å². The van der Waals surface area contributed by atoms with E-state index < -0.39 is 0 Å². The Morgan fingerprint density at radius 2 is 1.85 bits per heavy atom. The Morgan fingerprint density at radius 1 is 1.06 bits per heavy atom. The summed E-state index contributed by atoms with van der Waals surface area (Å²) >= 11 is 0. The minimum Gasteiger partial charge on any atom is -0.371 e.